The van der Waals surface area contributed by atoms with Crippen LogP contribution in [0.25, 0.3) is 0 Å². The Morgan fingerprint density at radius 3 is 2.57 bits per heavy atom. The van der Waals surface area contributed by atoms with Crippen LogP contribution in [-0.4, -0.2) is 26.2 Å². The highest BCUT2D eigenvalue weighted by Crippen LogP contribution is 2.35. The minimum absolute atomic E-state index is 0.206. The molecule has 2 aromatic rings. The minimum atomic E-state index is -0.230. The van der Waals surface area contributed by atoms with Gasteiger partial charge in [-0.15, -0.1) is 0 Å². The molecule has 1 N–H and O–H groups in total. The van der Waals surface area contributed by atoms with Gasteiger partial charge in [0, 0.05) is 25.9 Å². The Morgan fingerprint density at radius 1 is 1.24 bits per heavy atom. The molecule has 1 aromatic heterocycles. The van der Waals surface area contributed by atoms with Crippen LogP contribution < -0.4 is 15.0 Å². The first kappa shape index (κ1) is 15.1. The number of hydrogen-bond donors (Lipinski definition) is 1. The molecule has 0 fully saturated rings. The van der Waals surface area contributed by atoms with Gasteiger partial charge in [-0.25, -0.2) is 9.37 Å². The summed E-state index contributed by atoms with van der Waals surface area (Å²) < 4.78 is 19.2. The van der Waals surface area contributed by atoms with Gasteiger partial charge in [0.05, 0.1) is 18.8 Å². The summed E-state index contributed by atoms with van der Waals surface area (Å²) in [6.07, 6.45) is 1.69. The highest BCUT2D eigenvalue weighted by molar-refractivity contribution is 5.74. The van der Waals surface area contributed by atoms with Crippen LogP contribution in [-0.2, 0) is 0 Å². The molecule has 2 rings (SSSR count). The van der Waals surface area contributed by atoms with E-state index in [1.807, 2.05) is 38.1 Å². The van der Waals surface area contributed by atoms with E-state index in [4.69, 9.17) is 4.74 Å². The second-order valence-electron chi connectivity index (χ2n) is 5.00. The Hall–Kier alpha value is -2.30. The van der Waals surface area contributed by atoms with Crippen molar-refractivity contribution in [1.29, 1.82) is 0 Å². The van der Waals surface area contributed by atoms with Crippen LogP contribution in [0.2, 0.25) is 0 Å². The fourth-order valence-corrected chi connectivity index (χ4v) is 2.22. The lowest BCUT2D eigenvalue weighted by Gasteiger charge is -2.23. The average Bonchev–Trinajstić information content (AvgIpc) is 2.47. The second kappa shape index (κ2) is 6.43. The van der Waals surface area contributed by atoms with Crippen LogP contribution in [0, 0.1) is 5.82 Å². The molecule has 0 aliphatic rings. The van der Waals surface area contributed by atoms with Gasteiger partial charge in [-0.2, -0.15) is 0 Å². The maximum atomic E-state index is 13.9. The largest absolute Gasteiger partial charge is 0.479 e. The summed E-state index contributed by atoms with van der Waals surface area (Å²) in [6.45, 7) is 1.91. The predicted molar refractivity (Wildman–Crippen MR) is 83.6 cm³/mol. The van der Waals surface area contributed by atoms with Crippen molar-refractivity contribution < 1.29 is 9.13 Å². The zero-order valence-electron chi connectivity index (χ0n) is 12.7. The topological polar surface area (TPSA) is 37.4 Å². The summed E-state index contributed by atoms with van der Waals surface area (Å²) in [7, 11) is 5.45. The molecule has 0 amide bonds. The monoisotopic (exact) mass is 289 g/mol. The van der Waals surface area contributed by atoms with E-state index in [1.165, 1.54) is 6.07 Å². The van der Waals surface area contributed by atoms with Crippen molar-refractivity contribution in [3.63, 3.8) is 0 Å². The number of rotatable bonds is 5. The van der Waals surface area contributed by atoms with Gasteiger partial charge in [0.2, 0.25) is 5.88 Å². The number of nitrogens with one attached hydrogen (secondary N) is 1. The number of nitrogens with zero attached hydrogens (tertiary/aromatic N) is 2. The summed E-state index contributed by atoms with van der Waals surface area (Å²) in [4.78, 5) is 6.16. The van der Waals surface area contributed by atoms with E-state index in [1.54, 1.807) is 25.4 Å². The first-order valence-corrected chi connectivity index (χ1v) is 6.76. The van der Waals surface area contributed by atoms with E-state index >= 15 is 0 Å². The van der Waals surface area contributed by atoms with E-state index in [-0.39, 0.29) is 11.9 Å². The molecule has 0 radical (unpaired) electrons. The van der Waals surface area contributed by atoms with Gasteiger partial charge in [-0.05, 0) is 19.1 Å². The van der Waals surface area contributed by atoms with Gasteiger partial charge in [0.15, 0.2) is 0 Å². The fraction of sp³-hybridized carbons (Fsp3) is 0.312. The summed E-state index contributed by atoms with van der Waals surface area (Å²) in [5.74, 6) is 0.260. The zero-order valence-corrected chi connectivity index (χ0v) is 12.7. The molecule has 1 unspecified atom stereocenters. The highest BCUT2D eigenvalue weighted by Gasteiger charge is 2.17. The van der Waals surface area contributed by atoms with Crippen molar-refractivity contribution in [2.24, 2.45) is 0 Å². The molecule has 1 heterocycles. The Bertz CT molecular complexity index is 616. The number of pyridine rings is 1. The van der Waals surface area contributed by atoms with Crippen LogP contribution >= 0.6 is 0 Å². The van der Waals surface area contributed by atoms with Gasteiger partial charge in [0.25, 0.3) is 0 Å². The van der Waals surface area contributed by atoms with Crippen LogP contribution in [0.1, 0.15) is 18.5 Å². The van der Waals surface area contributed by atoms with E-state index in [2.05, 4.69) is 10.3 Å². The highest BCUT2D eigenvalue weighted by atomic mass is 19.1. The number of benzene rings is 1. The Morgan fingerprint density at radius 2 is 1.95 bits per heavy atom. The molecule has 5 heteroatoms. The van der Waals surface area contributed by atoms with Gasteiger partial charge in [0.1, 0.15) is 11.5 Å². The maximum absolute atomic E-state index is 13.9. The van der Waals surface area contributed by atoms with Crippen molar-refractivity contribution in [3.05, 3.63) is 47.9 Å². The average molecular weight is 289 g/mol. The number of ether oxygens (including phenoxy) is 1. The van der Waals surface area contributed by atoms with E-state index in [9.17, 15) is 4.39 Å². The zero-order chi connectivity index (χ0) is 15.4. The standard InChI is InChI=1S/C16H20FN3O/c1-11(12-7-5-6-8-13(12)17)19-15-14(20(2)3)9-10-18-16(15)21-4/h5-11,19H,1-4H3. The number of methoxy groups -OCH3 is 1. The van der Waals surface area contributed by atoms with Crippen LogP contribution in [0.15, 0.2) is 36.5 Å². The lowest BCUT2D eigenvalue weighted by molar-refractivity contribution is 0.399. The van der Waals surface area contributed by atoms with Gasteiger partial charge in [-0.3, -0.25) is 0 Å². The molecule has 0 saturated heterocycles. The predicted octanol–water partition coefficient (Wildman–Crippen LogP) is 3.47. The van der Waals surface area contributed by atoms with Crippen LogP contribution in [0.4, 0.5) is 15.8 Å². The van der Waals surface area contributed by atoms with Crippen molar-refractivity contribution in [1.82, 2.24) is 4.98 Å². The Kier molecular flexibility index (Phi) is 4.62. The first-order valence-electron chi connectivity index (χ1n) is 6.76. The van der Waals surface area contributed by atoms with E-state index < -0.39 is 0 Å². The van der Waals surface area contributed by atoms with Crippen molar-refractivity contribution >= 4 is 11.4 Å². The number of anilines is 2. The molecular weight excluding hydrogens is 269 g/mol. The van der Waals surface area contributed by atoms with E-state index in [0.29, 0.717) is 11.4 Å². The lowest BCUT2D eigenvalue weighted by Crippen LogP contribution is -2.16. The molecule has 0 spiro atoms. The first-order chi connectivity index (χ1) is 10.0. The summed E-state index contributed by atoms with van der Waals surface area (Å²) >= 11 is 0. The smallest absolute Gasteiger partial charge is 0.239 e. The Balaban J connectivity index is 2.37. The summed E-state index contributed by atoms with van der Waals surface area (Å²) in [5, 5.41) is 3.30. The molecule has 0 bridgehead atoms. The van der Waals surface area contributed by atoms with E-state index in [0.717, 1.165) is 11.4 Å². The molecule has 0 aliphatic heterocycles. The summed E-state index contributed by atoms with van der Waals surface area (Å²) in [6, 6.07) is 8.42. The van der Waals surface area contributed by atoms with Crippen molar-refractivity contribution in [2.45, 2.75) is 13.0 Å². The second-order valence-corrected chi connectivity index (χ2v) is 5.00. The molecule has 0 aliphatic carbocycles. The molecule has 1 atom stereocenters. The van der Waals surface area contributed by atoms with Crippen LogP contribution in [0.5, 0.6) is 5.88 Å². The fourth-order valence-electron chi connectivity index (χ4n) is 2.22. The third-order valence-electron chi connectivity index (χ3n) is 3.30. The van der Waals surface area contributed by atoms with Crippen molar-refractivity contribution in [2.75, 3.05) is 31.4 Å². The maximum Gasteiger partial charge on any atom is 0.239 e. The quantitative estimate of drug-likeness (QED) is 0.914. The van der Waals surface area contributed by atoms with Gasteiger partial charge in [-0.1, -0.05) is 18.2 Å². The third kappa shape index (κ3) is 3.24. The number of aromatic nitrogens is 1. The van der Waals surface area contributed by atoms with Crippen LogP contribution in [0.3, 0.4) is 0 Å². The normalized spacial score (nSPS) is 11.9. The van der Waals surface area contributed by atoms with Crippen molar-refractivity contribution in [3.8, 4) is 5.88 Å². The number of hydrogen-bond acceptors (Lipinski definition) is 4. The summed E-state index contributed by atoms with van der Waals surface area (Å²) in [5.41, 5.74) is 2.29. The Labute approximate surface area is 124 Å². The third-order valence-corrected chi connectivity index (χ3v) is 3.30. The SMILES string of the molecule is COc1nccc(N(C)C)c1NC(C)c1ccccc1F. The molecule has 21 heavy (non-hydrogen) atoms. The minimum Gasteiger partial charge on any atom is -0.479 e. The molecular formula is C16H20FN3O. The molecule has 112 valence electrons. The number of halogens is 1. The molecule has 1 aromatic carbocycles. The lowest BCUT2D eigenvalue weighted by atomic mass is 10.1. The van der Waals surface area contributed by atoms with Gasteiger partial charge >= 0.3 is 0 Å². The van der Waals surface area contributed by atoms with Gasteiger partial charge < -0.3 is 15.0 Å². The molecule has 4 nitrogen and oxygen atoms in total. The molecule has 0 saturated carbocycles.